The van der Waals surface area contributed by atoms with Crippen LogP contribution in [0.1, 0.15) is 207 Å². The van der Waals surface area contributed by atoms with Gasteiger partial charge in [-0.3, -0.25) is 9.59 Å². The summed E-state index contributed by atoms with van der Waals surface area (Å²) in [6, 6.07) is 0. The molecule has 0 radical (unpaired) electrons. The van der Waals surface area contributed by atoms with Gasteiger partial charge in [-0.1, -0.05) is 181 Å². The number of rotatable bonds is 37. The number of amides is 1. The first-order valence-corrected chi connectivity index (χ1v) is 19.7. The summed E-state index contributed by atoms with van der Waals surface area (Å²) in [7, 11) is 0. The average molecular weight is 624 g/mol. The predicted octanol–water partition coefficient (Wildman–Crippen LogP) is 11.4. The first-order chi connectivity index (χ1) is 21.7. The highest BCUT2D eigenvalue weighted by Gasteiger charge is 2.16. The quantitative estimate of drug-likeness (QED) is 0.0552. The first kappa shape index (κ1) is 43.1. The zero-order valence-electron chi connectivity index (χ0n) is 30.0. The van der Waals surface area contributed by atoms with Crippen molar-refractivity contribution < 1.29 is 19.1 Å². The summed E-state index contributed by atoms with van der Waals surface area (Å²) in [6.45, 7) is 9.01. The molecule has 0 aromatic rings. The van der Waals surface area contributed by atoms with Crippen molar-refractivity contribution in [3.63, 3.8) is 0 Å². The third-order valence-electron chi connectivity index (χ3n) is 8.80. The fraction of sp³-hybridized carbons (Fsp3) is 0.949. The lowest BCUT2D eigenvalue weighted by Crippen LogP contribution is -2.39. The van der Waals surface area contributed by atoms with E-state index in [4.69, 9.17) is 9.47 Å². The minimum atomic E-state index is -0.461. The first-order valence-electron chi connectivity index (χ1n) is 19.7. The number of ether oxygens (including phenoxy) is 2. The van der Waals surface area contributed by atoms with Gasteiger partial charge < -0.3 is 14.8 Å². The standard InChI is InChI=1S/C39H77NO4/c1-4-7-10-13-16-19-20-21-22-23-26-29-32-38(41)39(42)40-35-37(44-34-31-28-25-18-15-12-9-6-3)36-43-33-30-27-24-17-14-11-8-5-2/h37H,4-36H2,1-3H3,(H,40,42)/t37-/m0/s1. The smallest absolute Gasteiger partial charge is 0.287 e. The van der Waals surface area contributed by atoms with Crippen molar-refractivity contribution in [3.8, 4) is 0 Å². The molecule has 0 aromatic heterocycles. The van der Waals surface area contributed by atoms with Crippen LogP contribution in [0.4, 0.5) is 0 Å². The topological polar surface area (TPSA) is 64.6 Å². The number of ketones is 1. The summed E-state index contributed by atoms with van der Waals surface area (Å²) in [4.78, 5) is 24.9. The Kier molecular flexibility index (Phi) is 35.7. The molecular formula is C39H77NO4. The van der Waals surface area contributed by atoms with Gasteiger partial charge in [0.25, 0.3) is 5.91 Å². The second kappa shape index (κ2) is 36.5. The van der Waals surface area contributed by atoms with Crippen LogP contribution in [0.5, 0.6) is 0 Å². The van der Waals surface area contributed by atoms with Gasteiger partial charge in [0, 0.05) is 26.2 Å². The van der Waals surface area contributed by atoms with Crippen molar-refractivity contribution in [1.29, 1.82) is 0 Å². The molecule has 0 spiro atoms. The van der Waals surface area contributed by atoms with Gasteiger partial charge in [-0.15, -0.1) is 0 Å². The molecular weight excluding hydrogens is 546 g/mol. The van der Waals surface area contributed by atoms with Crippen LogP contribution in [0.2, 0.25) is 0 Å². The van der Waals surface area contributed by atoms with Crippen LogP contribution >= 0.6 is 0 Å². The van der Waals surface area contributed by atoms with Gasteiger partial charge in [-0.2, -0.15) is 0 Å². The molecule has 44 heavy (non-hydrogen) atoms. The number of unbranched alkanes of at least 4 members (excludes halogenated alkanes) is 25. The van der Waals surface area contributed by atoms with E-state index in [1.165, 1.54) is 148 Å². The highest BCUT2D eigenvalue weighted by molar-refractivity contribution is 6.36. The van der Waals surface area contributed by atoms with E-state index < -0.39 is 5.91 Å². The highest BCUT2D eigenvalue weighted by Crippen LogP contribution is 2.13. The Hall–Kier alpha value is -0.940. The summed E-state index contributed by atoms with van der Waals surface area (Å²) in [5, 5.41) is 2.85. The second-order valence-corrected chi connectivity index (χ2v) is 13.3. The van der Waals surface area contributed by atoms with Crippen molar-refractivity contribution in [2.75, 3.05) is 26.4 Å². The van der Waals surface area contributed by atoms with Crippen LogP contribution in [0.15, 0.2) is 0 Å². The Morgan fingerprint density at radius 2 is 0.841 bits per heavy atom. The van der Waals surface area contributed by atoms with Crippen molar-refractivity contribution in [1.82, 2.24) is 5.32 Å². The van der Waals surface area contributed by atoms with E-state index in [0.717, 1.165) is 38.7 Å². The number of Topliss-reactive ketones (excluding diaryl/α,β-unsaturated/α-hetero) is 1. The maximum atomic E-state index is 12.5. The molecule has 5 heteroatoms. The molecule has 0 aromatic carbocycles. The van der Waals surface area contributed by atoms with Gasteiger partial charge in [0.05, 0.1) is 12.7 Å². The Bertz CT molecular complexity index is 597. The van der Waals surface area contributed by atoms with Gasteiger partial charge in [-0.25, -0.2) is 0 Å². The van der Waals surface area contributed by atoms with E-state index in [1.54, 1.807) is 0 Å². The van der Waals surface area contributed by atoms with E-state index >= 15 is 0 Å². The molecule has 0 saturated carbocycles. The fourth-order valence-corrected chi connectivity index (χ4v) is 5.75. The van der Waals surface area contributed by atoms with Crippen molar-refractivity contribution >= 4 is 11.7 Å². The van der Waals surface area contributed by atoms with E-state index in [-0.39, 0.29) is 11.9 Å². The van der Waals surface area contributed by atoms with Crippen LogP contribution in [0.25, 0.3) is 0 Å². The summed E-state index contributed by atoms with van der Waals surface area (Å²) >= 11 is 0. The molecule has 0 fully saturated rings. The summed E-state index contributed by atoms with van der Waals surface area (Å²) in [6.07, 6.45) is 35.6. The zero-order chi connectivity index (χ0) is 32.2. The fourth-order valence-electron chi connectivity index (χ4n) is 5.75. The van der Waals surface area contributed by atoms with Crippen LogP contribution in [0.3, 0.4) is 0 Å². The summed E-state index contributed by atoms with van der Waals surface area (Å²) in [5.41, 5.74) is 0. The number of hydrogen-bond donors (Lipinski definition) is 1. The molecule has 1 N–H and O–H groups in total. The molecule has 0 saturated heterocycles. The third-order valence-corrected chi connectivity index (χ3v) is 8.80. The molecule has 0 aliphatic carbocycles. The maximum Gasteiger partial charge on any atom is 0.287 e. The van der Waals surface area contributed by atoms with Crippen LogP contribution in [-0.2, 0) is 19.1 Å². The normalized spacial score (nSPS) is 12.1. The molecule has 0 unspecified atom stereocenters. The number of hydrogen-bond acceptors (Lipinski definition) is 4. The minimum absolute atomic E-state index is 0.197. The largest absolute Gasteiger partial charge is 0.379 e. The number of carbonyl (C=O) groups excluding carboxylic acids is 2. The minimum Gasteiger partial charge on any atom is -0.379 e. The lowest BCUT2D eigenvalue weighted by atomic mass is 10.0. The monoisotopic (exact) mass is 624 g/mol. The SMILES string of the molecule is CCCCCCCCCCCCCCC(=O)C(=O)NC[C@@H](COCCCCCCCCCC)OCCCCCCCCCC. The molecule has 0 aliphatic rings. The van der Waals surface area contributed by atoms with Crippen LogP contribution in [-0.4, -0.2) is 44.2 Å². The van der Waals surface area contributed by atoms with E-state index in [9.17, 15) is 9.59 Å². The molecule has 0 rings (SSSR count). The predicted molar refractivity (Wildman–Crippen MR) is 189 cm³/mol. The molecule has 262 valence electrons. The van der Waals surface area contributed by atoms with E-state index in [2.05, 4.69) is 26.1 Å². The maximum absolute atomic E-state index is 12.5. The second-order valence-electron chi connectivity index (χ2n) is 13.3. The Morgan fingerprint density at radius 1 is 0.477 bits per heavy atom. The molecule has 0 aliphatic heterocycles. The molecule has 0 heterocycles. The summed E-state index contributed by atoms with van der Waals surface area (Å²) in [5.74, 6) is -0.754. The molecule has 0 bridgehead atoms. The van der Waals surface area contributed by atoms with Gasteiger partial charge >= 0.3 is 0 Å². The van der Waals surface area contributed by atoms with Crippen molar-refractivity contribution in [3.05, 3.63) is 0 Å². The molecule has 5 nitrogen and oxygen atoms in total. The molecule has 1 atom stereocenters. The van der Waals surface area contributed by atoms with Crippen molar-refractivity contribution in [2.24, 2.45) is 0 Å². The Balaban J connectivity index is 4.12. The zero-order valence-corrected chi connectivity index (χ0v) is 30.0. The molecule has 1 amide bonds. The number of nitrogens with one attached hydrogen (secondary N) is 1. The number of carbonyl (C=O) groups is 2. The van der Waals surface area contributed by atoms with E-state index in [1.807, 2.05) is 0 Å². The van der Waals surface area contributed by atoms with Crippen LogP contribution < -0.4 is 5.32 Å². The van der Waals surface area contributed by atoms with Gasteiger partial charge in [0.2, 0.25) is 5.78 Å². The Morgan fingerprint density at radius 3 is 1.27 bits per heavy atom. The average Bonchev–Trinajstić information content (AvgIpc) is 3.03. The van der Waals surface area contributed by atoms with Gasteiger partial charge in [0.15, 0.2) is 0 Å². The van der Waals surface area contributed by atoms with E-state index in [0.29, 0.717) is 26.2 Å². The third kappa shape index (κ3) is 32.5. The van der Waals surface area contributed by atoms with Crippen LogP contribution in [0, 0.1) is 0 Å². The highest BCUT2D eigenvalue weighted by atomic mass is 16.5. The summed E-state index contributed by atoms with van der Waals surface area (Å²) < 4.78 is 12.1. The lowest BCUT2D eigenvalue weighted by molar-refractivity contribution is -0.138. The Labute approximate surface area is 275 Å². The van der Waals surface area contributed by atoms with Gasteiger partial charge in [-0.05, 0) is 19.3 Å². The van der Waals surface area contributed by atoms with Gasteiger partial charge in [0.1, 0.15) is 0 Å². The van der Waals surface area contributed by atoms with Crippen molar-refractivity contribution in [2.45, 2.75) is 213 Å². The lowest BCUT2D eigenvalue weighted by Gasteiger charge is -2.19.